The van der Waals surface area contributed by atoms with E-state index in [0.717, 1.165) is 31.2 Å². The maximum Gasteiger partial charge on any atom is 0.308 e. The van der Waals surface area contributed by atoms with Crippen LogP contribution in [-0.4, -0.2) is 28.4 Å². The Balaban J connectivity index is 1.83. The molecule has 118 valence electrons. The predicted molar refractivity (Wildman–Crippen MR) is 83.4 cm³/mol. The smallest absolute Gasteiger partial charge is 0.308 e. The number of aryl methyl sites for hydroxylation is 1. The molecule has 22 heavy (non-hydrogen) atoms. The van der Waals surface area contributed by atoms with E-state index in [9.17, 15) is 14.7 Å². The van der Waals surface area contributed by atoms with Crippen LogP contribution in [0.5, 0.6) is 0 Å². The molecule has 1 amide bonds. The van der Waals surface area contributed by atoms with E-state index in [1.807, 2.05) is 4.90 Å². The number of carbonyl (C=O) groups excluding carboxylic acids is 1. The molecule has 0 spiro atoms. The van der Waals surface area contributed by atoms with Crippen molar-refractivity contribution in [2.24, 2.45) is 11.8 Å². The number of benzene rings is 1. The SMILES string of the molecule is CCc1ccc(C2CCC(C(=O)O)CN2C(=O)C2CC2)cc1. The highest BCUT2D eigenvalue weighted by atomic mass is 16.4. The first-order chi connectivity index (χ1) is 10.6. The molecule has 1 heterocycles. The van der Waals surface area contributed by atoms with Gasteiger partial charge in [-0.25, -0.2) is 0 Å². The summed E-state index contributed by atoms with van der Waals surface area (Å²) in [7, 11) is 0. The van der Waals surface area contributed by atoms with Gasteiger partial charge in [0.05, 0.1) is 12.0 Å². The fraction of sp³-hybridized carbons (Fsp3) is 0.556. The number of nitrogens with zero attached hydrogens (tertiary/aromatic N) is 1. The molecule has 2 unspecified atom stereocenters. The molecular formula is C18H23NO3. The zero-order chi connectivity index (χ0) is 15.7. The quantitative estimate of drug-likeness (QED) is 0.930. The molecule has 1 aliphatic carbocycles. The van der Waals surface area contributed by atoms with Gasteiger partial charge in [0.1, 0.15) is 0 Å². The number of carboxylic acid groups (broad SMARTS) is 1. The van der Waals surface area contributed by atoms with Gasteiger partial charge in [0, 0.05) is 12.5 Å². The van der Waals surface area contributed by atoms with Crippen molar-refractivity contribution in [2.75, 3.05) is 6.54 Å². The lowest BCUT2D eigenvalue weighted by Gasteiger charge is -2.39. The van der Waals surface area contributed by atoms with Crippen LogP contribution < -0.4 is 0 Å². The Hall–Kier alpha value is -1.84. The first kappa shape index (κ1) is 15.1. The molecule has 4 nitrogen and oxygen atoms in total. The zero-order valence-corrected chi connectivity index (χ0v) is 13.0. The van der Waals surface area contributed by atoms with Gasteiger partial charge >= 0.3 is 5.97 Å². The van der Waals surface area contributed by atoms with Crippen molar-refractivity contribution in [2.45, 2.75) is 45.1 Å². The fourth-order valence-electron chi connectivity index (χ4n) is 3.30. The number of carboxylic acids is 1. The second-order valence-electron chi connectivity index (χ2n) is 6.49. The lowest BCUT2D eigenvalue weighted by Crippen LogP contribution is -2.45. The summed E-state index contributed by atoms with van der Waals surface area (Å²) in [6.45, 7) is 2.47. The van der Waals surface area contributed by atoms with Crippen molar-refractivity contribution >= 4 is 11.9 Å². The molecule has 2 fully saturated rings. The molecule has 1 aliphatic heterocycles. The molecule has 3 rings (SSSR count). The number of hydrogen-bond acceptors (Lipinski definition) is 2. The highest BCUT2D eigenvalue weighted by Gasteiger charge is 2.41. The van der Waals surface area contributed by atoms with Crippen LogP contribution in [0.4, 0.5) is 0 Å². The van der Waals surface area contributed by atoms with Crippen molar-refractivity contribution in [3.8, 4) is 0 Å². The molecule has 0 radical (unpaired) electrons. The summed E-state index contributed by atoms with van der Waals surface area (Å²) < 4.78 is 0. The molecule has 1 aromatic rings. The van der Waals surface area contributed by atoms with E-state index in [1.54, 1.807) is 0 Å². The van der Waals surface area contributed by atoms with Crippen molar-refractivity contribution in [1.82, 2.24) is 4.90 Å². The highest BCUT2D eigenvalue weighted by molar-refractivity contribution is 5.82. The molecule has 1 aromatic carbocycles. The Morgan fingerprint density at radius 1 is 1.09 bits per heavy atom. The minimum absolute atomic E-state index is 0.0367. The molecule has 0 aromatic heterocycles. The minimum Gasteiger partial charge on any atom is -0.481 e. The molecular weight excluding hydrogens is 278 g/mol. The largest absolute Gasteiger partial charge is 0.481 e. The lowest BCUT2D eigenvalue weighted by atomic mass is 9.88. The average Bonchev–Trinajstić information content (AvgIpc) is 3.38. The average molecular weight is 301 g/mol. The number of likely N-dealkylation sites (tertiary alicyclic amines) is 1. The van der Waals surface area contributed by atoms with Crippen LogP contribution in [-0.2, 0) is 16.0 Å². The highest BCUT2D eigenvalue weighted by Crippen LogP contribution is 2.39. The van der Waals surface area contributed by atoms with E-state index in [1.165, 1.54) is 5.56 Å². The molecule has 1 saturated heterocycles. The van der Waals surface area contributed by atoms with Crippen molar-refractivity contribution in [3.63, 3.8) is 0 Å². The lowest BCUT2D eigenvalue weighted by molar-refractivity contribution is -0.148. The summed E-state index contributed by atoms with van der Waals surface area (Å²) in [4.78, 5) is 25.7. The van der Waals surface area contributed by atoms with Gasteiger partial charge in [-0.2, -0.15) is 0 Å². The van der Waals surface area contributed by atoms with E-state index in [0.29, 0.717) is 13.0 Å². The zero-order valence-electron chi connectivity index (χ0n) is 13.0. The first-order valence-electron chi connectivity index (χ1n) is 8.22. The first-order valence-corrected chi connectivity index (χ1v) is 8.22. The van der Waals surface area contributed by atoms with Gasteiger partial charge in [-0.3, -0.25) is 9.59 Å². The summed E-state index contributed by atoms with van der Waals surface area (Å²) in [6, 6.07) is 8.45. The number of aliphatic carboxylic acids is 1. The maximum absolute atomic E-state index is 12.6. The molecule has 2 aliphatic rings. The number of piperidine rings is 1. The maximum atomic E-state index is 12.6. The van der Waals surface area contributed by atoms with Crippen LogP contribution in [0.15, 0.2) is 24.3 Å². The van der Waals surface area contributed by atoms with Gasteiger partial charge in [0.2, 0.25) is 5.91 Å². The summed E-state index contributed by atoms with van der Waals surface area (Å²) in [6.07, 6.45) is 4.28. The van der Waals surface area contributed by atoms with E-state index in [2.05, 4.69) is 31.2 Å². The molecule has 0 bridgehead atoms. The van der Waals surface area contributed by atoms with Gasteiger partial charge in [0.25, 0.3) is 0 Å². The van der Waals surface area contributed by atoms with Gasteiger partial charge in [-0.15, -0.1) is 0 Å². The van der Waals surface area contributed by atoms with Crippen LogP contribution in [0, 0.1) is 11.8 Å². The number of hydrogen-bond donors (Lipinski definition) is 1. The molecule has 4 heteroatoms. The molecule has 1 saturated carbocycles. The Morgan fingerprint density at radius 3 is 2.27 bits per heavy atom. The van der Waals surface area contributed by atoms with Gasteiger partial charge in [-0.05, 0) is 43.2 Å². The van der Waals surface area contributed by atoms with Gasteiger partial charge < -0.3 is 10.0 Å². The topological polar surface area (TPSA) is 57.6 Å². The second kappa shape index (κ2) is 6.11. The van der Waals surface area contributed by atoms with Crippen LogP contribution in [0.3, 0.4) is 0 Å². The summed E-state index contributed by atoms with van der Waals surface area (Å²) in [5.41, 5.74) is 2.41. The number of amides is 1. The Morgan fingerprint density at radius 2 is 1.73 bits per heavy atom. The normalized spacial score (nSPS) is 25.0. The van der Waals surface area contributed by atoms with Crippen LogP contribution in [0.25, 0.3) is 0 Å². The van der Waals surface area contributed by atoms with Crippen molar-refractivity contribution < 1.29 is 14.7 Å². The summed E-state index contributed by atoms with van der Waals surface area (Å²) >= 11 is 0. The second-order valence-corrected chi connectivity index (χ2v) is 6.49. The van der Waals surface area contributed by atoms with Crippen LogP contribution >= 0.6 is 0 Å². The van der Waals surface area contributed by atoms with Gasteiger partial charge in [0.15, 0.2) is 0 Å². The van der Waals surface area contributed by atoms with Crippen LogP contribution in [0.2, 0.25) is 0 Å². The standard InChI is InChI=1S/C18H23NO3/c1-2-12-3-5-13(6-4-12)16-10-9-15(18(21)22)11-19(16)17(20)14-7-8-14/h3-6,14-16H,2,7-11H2,1H3,(H,21,22). The van der Waals surface area contributed by atoms with E-state index < -0.39 is 11.9 Å². The van der Waals surface area contributed by atoms with Crippen molar-refractivity contribution in [3.05, 3.63) is 35.4 Å². The third-order valence-corrected chi connectivity index (χ3v) is 4.91. The third-order valence-electron chi connectivity index (χ3n) is 4.91. The fourth-order valence-corrected chi connectivity index (χ4v) is 3.30. The van der Waals surface area contributed by atoms with E-state index in [-0.39, 0.29) is 17.9 Å². The minimum atomic E-state index is -0.784. The Kier molecular flexibility index (Phi) is 4.19. The summed E-state index contributed by atoms with van der Waals surface area (Å²) in [5, 5.41) is 9.28. The third kappa shape index (κ3) is 3.01. The van der Waals surface area contributed by atoms with Gasteiger partial charge in [-0.1, -0.05) is 31.2 Å². The Bertz CT molecular complexity index is 562. The number of rotatable bonds is 4. The Labute approximate surface area is 131 Å². The summed E-state index contributed by atoms with van der Waals surface area (Å²) in [5.74, 6) is -0.928. The van der Waals surface area contributed by atoms with E-state index >= 15 is 0 Å². The predicted octanol–water partition coefficient (Wildman–Crippen LogP) is 3.02. The van der Waals surface area contributed by atoms with E-state index in [4.69, 9.17) is 0 Å². The molecule has 2 atom stereocenters. The van der Waals surface area contributed by atoms with Crippen LogP contribution in [0.1, 0.15) is 49.8 Å². The molecule has 1 N–H and O–H groups in total. The monoisotopic (exact) mass is 301 g/mol. The van der Waals surface area contributed by atoms with Crippen molar-refractivity contribution in [1.29, 1.82) is 0 Å². The number of carbonyl (C=O) groups is 2.